The average Bonchev–Trinajstić information content (AvgIpc) is 2.42. The maximum absolute atomic E-state index is 4.94. The van der Waals surface area contributed by atoms with Gasteiger partial charge >= 0.3 is 0 Å². The number of nitrogens with zero attached hydrogens (tertiary/aromatic N) is 1. The molecule has 2 aromatic rings. The van der Waals surface area contributed by atoms with Crippen molar-refractivity contribution in [1.82, 2.24) is 4.98 Å². The zero-order valence-electron chi connectivity index (χ0n) is 14.3. The van der Waals surface area contributed by atoms with Crippen LogP contribution < -0.4 is 5.32 Å². The van der Waals surface area contributed by atoms with Gasteiger partial charge in [0.2, 0.25) is 0 Å². The highest BCUT2D eigenvalue weighted by molar-refractivity contribution is 5.95. The van der Waals surface area contributed by atoms with Crippen molar-refractivity contribution in [3.8, 4) is 0 Å². The number of hydrogen-bond acceptors (Lipinski definition) is 2. The summed E-state index contributed by atoms with van der Waals surface area (Å²) < 4.78 is 0. The van der Waals surface area contributed by atoms with Crippen LogP contribution in [0.15, 0.2) is 18.2 Å². The molecule has 0 saturated heterocycles. The van der Waals surface area contributed by atoms with Crippen molar-refractivity contribution in [1.29, 1.82) is 0 Å². The molecule has 0 fully saturated rings. The SMILES string of the molecule is CCCNc1c(CC)c(C)nc2c(C(C)(C)C)cccc12. The molecule has 2 heteroatoms. The molecule has 114 valence electrons. The number of benzene rings is 1. The van der Waals surface area contributed by atoms with Crippen molar-refractivity contribution >= 4 is 16.6 Å². The Morgan fingerprint density at radius 1 is 1.14 bits per heavy atom. The summed E-state index contributed by atoms with van der Waals surface area (Å²) in [4.78, 5) is 4.94. The topological polar surface area (TPSA) is 24.9 Å². The quantitative estimate of drug-likeness (QED) is 0.832. The first-order valence-electron chi connectivity index (χ1n) is 8.06. The van der Waals surface area contributed by atoms with Crippen LogP contribution in [0.3, 0.4) is 0 Å². The Kier molecular flexibility index (Phi) is 4.55. The number of aromatic nitrogens is 1. The number of pyridine rings is 1. The summed E-state index contributed by atoms with van der Waals surface area (Å²) in [6.07, 6.45) is 2.14. The van der Waals surface area contributed by atoms with Gasteiger partial charge in [-0.2, -0.15) is 0 Å². The van der Waals surface area contributed by atoms with Gasteiger partial charge in [-0.25, -0.2) is 0 Å². The number of nitrogens with one attached hydrogen (secondary N) is 1. The smallest absolute Gasteiger partial charge is 0.0763 e. The first-order chi connectivity index (χ1) is 9.90. The summed E-state index contributed by atoms with van der Waals surface area (Å²) in [5.74, 6) is 0. The lowest BCUT2D eigenvalue weighted by atomic mass is 9.85. The maximum Gasteiger partial charge on any atom is 0.0763 e. The lowest BCUT2D eigenvalue weighted by Gasteiger charge is -2.23. The Hall–Kier alpha value is -1.57. The molecule has 0 radical (unpaired) electrons. The van der Waals surface area contributed by atoms with Gasteiger partial charge in [-0.3, -0.25) is 4.98 Å². The number of anilines is 1. The van der Waals surface area contributed by atoms with Crippen LogP contribution in [0.2, 0.25) is 0 Å². The molecular weight excluding hydrogens is 256 g/mol. The van der Waals surface area contributed by atoms with Gasteiger partial charge in [0, 0.05) is 23.3 Å². The normalized spacial score (nSPS) is 11.9. The zero-order valence-corrected chi connectivity index (χ0v) is 14.3. The first-order valence-corrected chi connectivity index (χ1v) is 8.06. The van der Waals surface area contributed by atoms with Crippen LogP contribution in [0.4, 0.5) is 5.69 Å². The first kappa shape index (κ1) is 15.8. The van der Waals surface area contributed by atoms with Gasteiger partial charge < -0.3 is 5.32 Å². The number of hydrogen-bond donors (Lipinski definition) is 1. The molecule has 0 saturated carbocycles. The molecule has 1 heterocycles. The van der Waals surface area contributed by atoms with Crippen LogP contribution in [-0.2, 0) is 11.8 Å². The highest BCUT2D eigenvalue weighted by Crippen LogP contribution is 2.35. The Labute approximate surface area is 129 Å². The molecule has 2 nitrogen and oxygen atoms in total. The minimum Gasteiger partial charge on any atom is -0.384 e. The van der Waals surface area contributed by atoms with Crippen LogP contribution in [-0.4, -0.2) is 11.5 Å². The van der Waals surface area contributed by atoms with E-state index in [4.69, 9.17) is 4.98 Å². The second-order valence-corrected chi connectivity index (χ2v) is 6.78. The monoisotopic (exact) mass is 284 g/mol. The summed E-state index contributed by atoms with van der Waals surface area (Å²) in [6.45, 7) is 14.3. The van der Waals surface area contributed by atoms with E-state index >= 15 is 0 Å². The van der Waals surface area contributed by atoms with E-state index in [-0.39, 0.29) is 5.41 Å². The summed E-state index contributed by atoms with van der Waals surface area (Å²) in [5.41, 5.74) is 6.37. The van der Waals surface area contributed by atoms with E-state index in [0.717, 1.165) is 30.6 Å². The molecule has 1 aromatic carbocycles. The van der Waals surface area contributed by atoms with Crippen LogP contribution in [0, 0.1) is 6.92 Å². The van der Waals surface area contributed by atoms with Crippen LogP contribution in [0.5, 0.6) is 0 Å². The van der Waals surface area contributed by atoms with Crippen molar-refractivity contribution < 1.29 is 0 Å². The molecule has 0 aliphatic carbocycles. The van der Waals surface area contributed by atoms with Crippen molar-refractivity contribution in [3.05, 3.63) is 35.0 Å². The van der Waals surface area contributed by atoms with E-state index in [1.807, 2.05) is 0 Å². The van der Waals surface area contributed by atoms with Gasteiger partial charge in [-0.1, -0.05) is 52.8 Å². The number of fused-ring (bicyclic) bond motifs is 1. The summed E-state index contributed by atoms with van der Waals surface area (Å²) in [5, 5.41) is 4.90. The average molecular weight is 284 g/mol. The van der Waals surface area contributed by atoms with Crippen molar-refractivity contribution in [3.63, 3.8) is 0 Å². The fraction of sp³-hybridized carbons (Fsp3) is 0.526. The summed E-state index contributed by atoms with van der Waals surface area (Å²) in [6, 6.07) is 6.58. The molecule has 0 bridgehead atoms. The van der Waals surface area contributed by atoms with Gasteiger partial charge in [0.05, 0.1) is 5.52 Å². The van der Waals surface area contributed by atoms with E-state index in [2.05, 4.69) is 65.1 Å². The Bertz CT molecular complexity index is 636. The lowest BCUT2D eigenvalue weighted by Crippen LogP contribution is -2.14. The third-order valence-electron chi connectivity index (χ3n) is 4.04. The lowest BCUT2D eigenvalue weighted by molar-refractivity contribution is 0.594. The van der Waals surface area contributed by atoms with Gasteiger partial charge in [0.25, 0.3) is 0 Å². The van der Waals surface area contributed by atoms with E-state index in [9.17, 15) is 0 Å². The highest BCUT2D eigenvalue weighted by atomic mass is 14.9. The van der Waals surface area contributed by atoms with Crippen molar-refractivity contribution in [2.24, 2.45) is 0 Å². The standard InChI is InChI=1S/C19H28N2/c1-7-12-20-17-14(8-2)13(3)21-18-15(17)10-9-11-16(18)19(4,5)6/h9-11H,7-8,12H2,1-6H3,(H,20,21). The molecule has 0 unspecified atom stereocenters. The fourth-order valence-electron chi connectivity index (χ4n) is 2.93. The summed E-state index contributed by atoms with van der Waals surface area (Å²) >= 11 is 0. The summed E-state index contributed by atoms with van der Waals surface area (Å²) in [7, 11) is 0. The Morgan fingerprint density at radius 3 is 2.43 bits per heavy atom. The van der Waals surface area contributed by atoms with Crippen LogP contribution in [0.1, 0.15) is 57.9 Å². The molecule has 0 spiro atoms. The molecule has 0 atom stereocenters. The number of rotatable bonds is 4. The maximum atomic E-state index is 4.94. The van der Waals surface area contributed by atoms with Crippen molar-refractivity contribution in [2.45, 2.75) is 59.8 Å². The highest BCUT2D eigenvalue weighted by Gasteiger charge is 2.20. The fourth-order valence-corrected chi connectivity index (χ4v) is 2.93. The van der Waals surface area contributed by atoms with Crippen LogP contribution >= 0.6 is 0 Å². The molecule has 21 heavy (non-hydrogen) atoms. The van der Waals surface area contributed by atoms with E-state index in [0.29, 0.717) is 0 Å². The van der Waals surface area contributed by atoms with Gasteiger partial charge in [-0.15, -0.1) is 0 Å². The molecule has 1 N–H and O–H groups in total. The molecule has 0 amide bonds. The predicted molar refractivity (Wildman–Crippen MR) is 93.3 cm³/mol. The van der Waals surface area contributed by atoms with E-state index < -0.39 is 0 Å². The Balaban J connectivity index is 2.78. The molecule has 0 aliphatic heterocycles. The predicted octanol–water partition coefficient (Wildman–Crippen LogP) is 5.23. The van der Waals surface area contributed by atoms with Gasteiger partial charge in [-0.05, 0) is 36.3 Å². The zero-order chi connectivity index (χ0) is 15.6. The van der Waals surface area contributed by atoms with Gasteiger partial charge in [0.15, 0.2) is 0 Å². The number of para-hydroxylation sites is 1. The minimum atomic E-state index is 0.106. The molecular formula is C19H28N2. The van der Waals surface area contributed by atoms with Gasteiger partial charge in [0.1, 0.15) is 0 Å². The third-order valence-corrected chi connectivity index (χ3v) is 4.04. The Morgan fingerprint density at radius 2 is 1.86 bits per heavy atom. The largest absolute Gasteiger partial charge is 0.384 e. The second-order valence-electron chi connectivity index (χ2n) is 6.78. The minimum absolute atomic E-state index is 0.106. The van der Waals surface area contributed by atoms with Crippen LogP contribution in [0.25, 0.3) is 10.9 Å². The second kappa shape index (κ2) is 6.05. The molecule has 0 aliphatic rings. The van der Waals surface area contributed by atoms with E-state index in [1.54, 1.807) is 0 Å². The molecule has 2 rings (SSSR count). The molecule has 1 aromatic heterocycles. The van der Waals surface area contributed by atoms with Crippen molar-refractivity contribution in [2.75, 3.05) is 11.9 Å². The number of aryl methyl sites for hydroxylation is 1. The van der Waals surface area contributed by atoms with E-state index in [1.165, 1.54) is 22.2 Å². The third kappa shape index (κ3) is 3.04.